The van der Waals surface area contributed by atoms with Crippen LogP contribution in [0.25, 0.3) is 0 Å². The Labute approximate surface area is 141 Å². The highest BCUT2D eigenvalue weighted by Crippen LogP contribution is 2.24. The molecule has 2 aromatic rings. The molecular formula is C17H25FN4O2. The molecule has 0 unspecified atom stereocenters. The minimum Gasteiger partial charge on any atom is -0.444 e. The fourth-order valence-corrected chi connectivity index (χ4v) is 3.26. The number of hydrogen-bond donors (Lipinski definition) is 0. The van der Waals surface area contributed by atoms with E-state index in [9.17, 15) is 4.39 Å². The van der Waals surface area contributed by atoms with Gasteiger partial charge in [0.05, 0.1) is 24.5 Å². The zero-order valence-corrected chi connectivity index (χ0v) is 14.8. The van der Waals surface area contributed by atoms with Gasteiger partial charge in [-0.25, -0.2) is 9.37 Å². The monoisotopic (exact) mass is 336 g/mol. The normalized spacial score (nSPS) is 21.9. The Morgan fingerprint density at radius 1 is 1.38 bits per heavy atom. The molecule has 1 aliphatic heterocycles. The van der Waals surface area contributed by atoms with Crippen LogP contribution in [0.3, 0.4) is 0 Å². The zero-order chi connectivity index (χ0) is 17.3. The lowest BCUT2D eigenvalue weighted by molar-refractivity contribution is 0.160. The van der Waals surface area contributed by atoms with Crippen molar-refractivity contribution in [3.05, 3.63) is 34.9 Å². The Balaban J connectivity index is 1.59. The molecule has 2 aromatic heterocycles. The number of aromatic nitrogens is 2. The average Bonchev–Trinajstić information content (AvgIpc) is 3.13. The van der Waals surface area contributed by atoms with E-state index in [1.54, 1.807) is 0 Å². The summed E-state index contributed by atoms with van der Waals surface area (Å²) >= 11 is 0. The lowest BCUT2D eigenvalue weighted by atomic mass is 10.2. The number of rotatable bonds is 6. The van der Waals surface area contributed by atoms with E-state index in [0.29, 0.717) is 31.9 Å². The third-order valence-electron chi connectivity index (χ3n) is 4.51. The molecule has 0 N–H and O–H groups in total. The topological polar surface area (TPSA) is 58.5 Å². The van der Waals surface area contributed by atoms with E-state index in [-0.39, 0.29) is 6.04 Å². The van der Waals surface area contributed by atoms with Crippen LogP contribution < -0.4 is 0 Å². The third-order valence-corrected chi connectivity index (χ3v) is 4.51. The number of aryl methyl sites for hydroxylation is 3. The summed E-state index contributed by atoms with van der Waals surface area (Å²) in [5.41, 5.74) is 1.77. The second-order valence-electron chi connectivity index (χ2n) is 6.80. The molecule has 132 valence electrons. The van der Waals surface area contributed by atoms with E-state index in [2.05, 4.69) is 19.9 Å². The second kappa shape index (κ2) is 7.03. The van der Waals surface area contributed by atoms with Crippen LogP contribution in [0.2, 0.25) is 0 Å². The van der Waals surface area contributed by atoms with Gasteiger partial charge in [0.25, 0.3) is 0 Å². The Bertz CT molecular complexity index is 664. The first-order valence-corrected chi connectivity index (χ1v) is 8.32. The van der Waals surface area contributed by atoms with Crippen LogP contribution in [-0.2, 0) is 13.1 Å². The number of likely N-dealkylation sites (tertiary alicyclic amines) is 1. The minimum atomic E-state index is -0.793. The van der Waals surface area contributed by atoms with Gasteiger partial charge in [-0.3, -0.25) is 9.80 Å². The smallest absolute Gasteiger partial charge is 0.208 e. The molecule has 1 aliphatic rings. The maximum Gasteiger partial charge on any atom is 0.208 e. The molecule has 7 heteroatoms. The van der Waals surface area contributed by atoms with Gasteiger partial charge < -0.3 is 8.94 Å². The van der Waals surface area contributed by atoms with Crippen molar-refractivity contribution in [3.63, 3.8) is 0 Å². The van der Waals surface area contributed by atoms with Gasteiger partial charge in [0, 0.05) is 25.2 Å². The molecule has 24 heavy (non-hydrogen) atoms. The number of hydrogen-bond acceptors (Lipinski definition) is 6. The lowest BCUT2D eigenvalue weighted by Crippen LogP contribution is -2.38. The van der Waals surface area contributed by atoms with Crippen LogP contribution in [0.1, 0.15) is 35.2 Å². The summed E-state index contributed by atoms with van der Waals surface area (Å²) in [7, 11) is 2.01. The van der Waals surface area contributed by atoms with Crippen molar-refractivity contribution in [2.45, 2.75) is 52.5 Å². The summed E-state index contributed by atoms with van der Waals surface area (Å²) < 4.78 is 24.8. The summed E-state index contributed by atoms with van der Waals surface area (Å²) in [6, 6.07) is 2.05. The van der Waals surface area contributed by atoms with E-state index < -0.39 is 6.17 Å². The zero-order valence-electron chi connectivity index (χ0n) is 14.8. The van der Waals surface area contributed by atoms with E-state index in [0.717, 1.165) is 29.5 Å². The first-order valence-electron chi connectivity index (χ1n) is 8.32. The van der Waals surface area contributed by atoms with Crippen LogP contribution in [0, 0.1) is 20.8 Å². The molecule has 6 nitrogen and oxygen atoms in total. The first-order chi connectivity index (χ1) is 11.4. The van der Waals surface area contributed by atoms with Crippen molar-refractivity contribution in [1.29, 1.82) is 0 Å². The van der Waals surface area contributed by atoms with Crippen LogP contribution in [0.15, 0.2) is 15.0 Å². The Hall–Kier alpha value is -1.73. The number of likely N-dealkylation sites (N-methyl/N-ethyl adjacent to an activating group) is 1. The first kappa shape index (κ1) is 17.1. The SMILES string of the molecule is Cc1cc(CN2C[C@@H](F)C[C@H]2CN(C)Cc2nc(C)c(C)o2)on1. The third kappa shape index (κ3) is 4.02. The fraction of sp³-hybridized carbons (Fsp3) is 0.647. The van der Waals surface area contributed by atoms with E-state index in [1.807, 2.05) is 33.9 Å². The second-order valence-corrected chi connectivity index (χ2v) is 6.80. The van der Waals surface area contributed by atoms with Gasteiger partial charge in [-0.05, 0) is 34.2 Å². The van der Waals surface area contributed by atoms with Gasteiger partial charge in [-0.15, -0.1) is 0 Å². The molecule has 0 aromatic carbocycles. The summed E-state index contributed by atoms with van der Waals surface area (Å²) in [4.78, 5) is 8.67. The summed E-state index contributed by atoms with van der Waals surface area (Å²) in [5, 5.41) is 3.90. The van der Waals surface area contributed by atoms with Crippen LogP contribution >= 0.6 is 0 Å². The molecule has 0 amide bonds. The fourth-order valence-electron chi connectivity index (χ4n) is 3.26. The molecule has 1 fully saturated rings. The molecular weight excluding hydrogens is 311 g/mol. The van der Waals surface area contributed by atoms with Gasteiger partial charge in [0.2, 0.25) is 5.89 Å². The molecule has 0 aliphatic carbocycles. The van der Waals surface area contributed by atoms with Crippen molar-refractivity contribution in [3.8, 4) is 0 Å². The maximum atomic E-state index is 13.9. The molecule has 0 saturated carbocycles. The van der Waals surface area contributed by atoms with Crippen molar-refractivity contribution < 1.29 is 13.3 Å². The Morgan fingerprint density at radius 3 is 2.79 bits per heavy atom. The van der Waals surface area contributed by atoms with Crippen molar-refractivity contribution in [2.24, 2.45) is 0 Å². The van der Waals surface area contributed by atoms with Crippen molar-refractivity contribution in [1.82, 2.24) is 19.9 Å². The maximum absolute atomic E-state index is 13.9. The molecule has 0 bridgehead atoms. The number of oxazole rings is 1. The highest BCUT2D eigenvalue weighted by Gasteiger charge is 2.33. The van der Waals surface area contributed by atoms with Gasteiger partial charge >= 0.3 is 0 Å². The van der Waals surface area contributed by atoms with Gasteiger partial charge in [-0.1, -0.05) is 5.16 Å². The number of nitrogens with zero attached hydrogens (tertiary/aromatic N) is 4. The standard InChI is InChI=1S/C17H25FN4O2/c1-11-5-16(24-20-11)9-22-7-14(18)6-15(22)8-21(4)10-17-19-12(2)13(3)23-17/h5,14-15H,6-10H2,1-4H3/t14-,15-/m0/s1. The van der Waals surface area contributed by atoms with E-state index in [1.165, 1.54) is 0 Å². The minimum absolute atomic E-state index is 0.146. The van der Waals surface area contributed by atoms with Gasteiger partial charge in [0.1, 0.15) is 11.9 Å². The number of halogens is 1. The molecule has 2 atom stereocenters. The largest absolute Gasteiger partial charge is 0.444 e. The van der Waals surface area contributed by atoms with Crippen molar-refractivity contribution >= 4 is 0 Å². The average molecular weight is 336 g/mol. The number of alkyl halides is 1. The quantitative estimate of drug-likeness (QED) is 0.808. The highest BCUT2D eigenvalue weighted by atomic mass is 19.1. The van der Waals surface area contributed by atoms with E-state index >= 15 is 0 Å². The Kier molecular flexibility index (Phi) is 5.01. The predicted molar refractivity (Wildman–Crippen MR) is 87.3 cm³/mol. The lowest BCUT2D eigenvalue weighted by Gasteiger charge is -2.26. The Morgan fingerprint density at radius 2 is 2.17 bits per heavy atom. The van der Waals surface area contributed by atoms with Crippen LogP contribution in [0.4, 0.5) is 4.39 Å². The van der Waals surface area contributed by atoms with Crippen molar-refractivity contribution in [2.75, 3.05) is 20.1 Å². The molecule has 3 heterocycles. The van der Waals surface area contributed by atoms with Crippen LogP contribution in [0.5, 0.6) is 0 Å². The predicted octanol–water partition coefficient (Wildman–Crippen LogP) is 2.63. The van der Waals surface area contributed by atoms with Gasteiger partial charge in [-0.2, -0.15) is 0 Å². The summed E-state index contributed by atoms with van der Waals surface area (Å²) in [6.07, 6.45) is -0.250. The highest BCUT2D eigenvalue weighted by molar-refractivity contribution is 5.06. The molecule has 0 spiro atoms. The molecule has 3 rings (SSSR count). The van der Waals surface area contributed by atoms with Crippen LogP contribution in [-0.4, -0.2) is 52.3 Å². The molecule has 1 saturated heterocycles. The van der Waals surface area contributed by atoms with Gasteiger partial charge in [0.15, 0.2) is 5.76 Å². The van der Waals surface area contributed by atoms with E-state index in [4.69, 9.17) is 8.94 Å². The molecule has 0 radical (unpaired) electrons. The summed E-state index contributed by atoms with van der Waals surface area (Å²) in [5.74, 6) is 2.35. The summed E-state index contributed by atoms with van der Waals surface area (Å²) in [6.45, 7) is 8.16.